The van der Waals surface area contributed by atoms with Crippen molar-refractivity contribution < 1.29 is 23.0 Å². The van der Waals surface area contributed by atoms with E-state index in [1.54, 1.807) is 31.2 Å². The van der Waals surface area contributed by atoms with E-state index in [0.29, 0.717) is 42.1 Å². The lowest BCUT2D eigenvalue weighted by molar-refractivity contribution is -0.230. The zero-order valence-electron chi connectivity index (χ0n) is 15.4. The topological polar surface area (TPSA) is 27.7 Å². The molecule has 0 spiro atoms. The molecule has 27 heavy (non-hydrogen) atoms. The van der Waals surface area contributed by atoms with Crippen molar-refractivity contribution in [3.63, 3.8) is 0 Å². The van der Waals surface area contributed by atoms with E-state index in [4.69, 9.17) is 14.2 Å². The van der Waals surface area contributed by atoms with E-state index in [0.717, 1.165) is 12.8 Å². The molecule has 0 aromatic heterocycles. The van der Waals surface area contributed by atoms with E-state index >= 15 is 0 Å². The van der Waals surface area contributed by atoms with E-state index in [1.807, 2.05) is 6.08 Å². The van der Waals surface area contributed by atoms with Gasteiger partial charge < -0.3 is 14.2 Å². The minimum absolute atomic E-state index is 0.120. The number of unbranched alkanes of at least 4 members (excludes halogenated alkanes) is 1. The summed E-state index contributed by atoms with van der Waals surface area (Å²) in [6.07, 6.45) is 2.93. The summed E-state index contributed by atoms with van der Waals surface area (Å²) in [5.41, 5.74) is 1.97. The van der Waals surface area contributed by atoms with Crippen LogP contribution in [0.5, 0.6) is 0 Å². The third kappa shape index (κ3) is 5.01. The van der Waals surface area contributed by atoms with Gasteiger partial charge in [-0.05, 0) is 43.0 Å². The maximum absolute atomic E-state index is 14.6. The van der Waals surface area contributed by atoms with E-state index in [9.17, 15) is 8.78 Å². The van der Waals surface area contributed by atoms with Crippen molar-refractivity contribution in [1.29, 1.82) is 0 Å². The molecule has 1 heterocycles. The standard InChI is InChI=1S/C22H24F2O3/c1-3-4-5-10-25-18-13-26-22(27-14-18)17-8-9-19(21(24)12-17)16-7-6-15(2)20(23)11-16/h3,6-9,11-12,18,22H,1,4-5,10,13-14H2,2H3. The van der Waals surface area contributed by atoms with Crippen molar-refractivity contribution in [1.82, 2.24) is 0 Å². The monoisotopic (exact) mass is 374 g/mol. The minimum atomic E-state index is -0.628. The second-order valence-corrected chi connectivity index (χ2v) is 6.63. The molecule has 3 nitrogen and oxygen atoms in total. The summed E-state index contributed by atoms with van der Waals surface area (Å²) in [4.78, 5) is 0. The SMILES string of the molecule is C=CCCCOC1COC(c2ccc(-c3ccc(C)c(F)c3)c(F)c2)OC1. The second-order valence-electron chi connectivity index (χ2n) is 6.63. The smallest absolute Gasteiger partial charge is 0.184 e. The molecular weight excluding hydrogens is 350 g/mol. The first-order valence-corrected chi connectivity index (χ1v) is 9.10. The van der Waals surface area contributed by atoms with Gasteiger partial charge in [0.05, 0.1) is 13.2 Å². The summed E-state index contributed by atoms with van der Waals surface area (Å²) in [5, 5.41) is 0. The third-order valence-corrected chi connectivity index (χ3v) is 4.52. The normalized spacial score (nSPS) is 19.8. The number of aryl methyl sites for hydroxylation is 1. The minimum Gasteiger partial charge on any atom is -0.373 e. The van der Waals surface area contributed by atoms with E-state index < -0.39 is 12.1 Å². The van der Waals surface area contributed by atoms with E-state index in [-0.39, 0.29) is 11.9 Å². The first-order chi connectivity index (χ1) is 13.1. The molecule has 0 atom stereocenters. The van der Waals surface area contributed by atoms with Gasteiger partial charge in [0.25, 0.3) is 0 Å². The Morgan fingerprint density at radius 2 is 1.89 bits per heavy atom. The highest BCUT2D eigenvalue weighted by atomic mass is 19.1. The van der Waals surface area contributed by atoms with Crippen LogP contribution in [0, 0.1) is 18.6 Å². The molecule has 1 saturated heterocycles. The quantitative estimate of drug-likeness (QED) is 0.484. The zero-order chi connectivity index (χ0) is 19.2. The number of hydrogen-bond donors (Lipinski definition) is 0. The second kappa shape index (κ2) is 9.22. The Kier molecular flexibility index (Phi) is 6.72. The van der Waals surface area contributed by atoms with Gasteiger partial charge in [0.2, 0.25) is 0 Å². The van der Waals surface area contributed by atoms with Gasteiger partial charge in [0.1, 0.15) is 17.7 Å². The molecule has 2 aromatic rings. The zero-order valence-corrected chi connectivity index (χ0v) is 15.4. The summed E-state index contributed by atoms with van der Waals surface area (Å²) < 4.78 is 45.4. The molecular formula is C22H24F2O3. The summed E-state index contributed by atoms with van der Waals surface area (Å²) in [6, 6.07) is 9.43. The van der Waals surface area contributed by atoms with Gasteiger partial charge in [-0.15, -0.1) is 6.58 Å². The number of ether oxygens (including phenoxy) is 3. The number of allylic oxidation sites excluding steroid dienone is 1. The molecule has 0 bridgehead atoms. The summed E-state index contributed by atoms with van der Waals surface area (Å²) in [7, 11) is 0. The van der Waals surface area contributed by atoms with Crippen molar-refractivity contribution in [2.24, 2.45) is 0 Å². The molecule has 0 aliphatic carbocycles. The predicted octanol–water partition coefficient (Wildman–Crippen LogP) is 5.34. The Balaban J connectivity index is 1.61. The Morgan fingerprint density at radius 3 is 2.56 bits per heavy atom. The first kappa shape index (κ1) is 19.7. The van der Waals surface area contributed by atoms with Crippen molar-refractivity contribution in [2.75, 3.05) is 19.8 Å². The fourth-order valence-electron chi connectivity index (χ4n) is 2.92. The van der Waals surface area contributed by atoms with Gasteiger partial charge in [-0.3, -0.25) is 0 Å². The average Bonchev–Trinajstić information content (AvgIpc) is 2.68. The number of halogens is 2. The largest absolute Gasteiger partial charge is 0.373 e. The molecule has 5 heteroatoms. The Labute approximate surface area is 158 Å². The van der Waals surface area contributed by atoms with E-state index in [1.165, 1.54) is 12.1 Å². The molecule has 1 aliphatic rings. The summed E-state index contributed by atoms with van der Waals surface area (Å²) in [6.45, 7) is 6.77. The van der Waals surface area contributed by atoms with Crippen LogP contribution >= 0.6 is 0 Å². The molecule has 1 aliphatic heterocycles. The molecule has 3 rings (SSSR count). The van der Waals surface area contributed by atoms with Crippen molar-refractivity contribution in [3.05, 3.63) is 71.8 Å². The maximum Gasteiger partial charge on any atom is 0.184 e. The molecule has 0 unspecified atom stereocenters. The van der Waals surface area contributed by atoms with Crippen LogP contribution in [0.25, 0.3) is 11.1 Å². The lowest BCUT2D eigenvalue weighted by Gasteiger charge is -2.29. The molecule has 144 valence electrons. The van der Waals surface area contributed by atoms with Gasteiger partial charge in [0, 0.05) is 17.7 Å². The molecule has 0 N–H and O–H groups in total. The Hall–Kier alpha value is -2.08. The first-order valence-electron chi connectivity index (χ1n) is 9.10. The maximum atomic E-state index is 14.6. The molecule has 0 saturated carbocycles. The van der Waals surface area contributed by atoms with Gasteiger partial charge in [0.15, 0.2) is 6.29 Å². The van der Waals surface area contributed by atoms with Gasteiger partial charge in [-0.1, -0.05) is 30.3 Å². The number of rotatable bonds is 7. The fraction of sp³-hybridized carbons (Fsp3) is 0.364. The molecule has 2 aromatic carbocycles. The van der Waals surface area contributed by atoms with Crippen LogP contribution in [-0.2, 0) is 14.2 Å². The van der Waals surface area contributed by atoms with Crippen molar-refractivity contribution in [2.45, 2.75) is 32.2 Å². The highest BCUT2D eigenvalue weighted by Gasteiger charge is 2.24. The Morgan fingerprint density at radius 1 is 1.11 bits per heavy atom. The number of hydrogen-bond acceptors (Lipinski definition) is 3. The summed E-state index contributed by atoms with van der Waals surface area (Å²) in [5.74, 6) is -0.792. The van der Waals surface area contributed by atoms with Crippen LogP contribution in [0.1, 0.15) is 30.3 Å². The van der Waals surface area contributed by atoms with Gasteiger partial charge >= 0.3 is 0 Å². The Bertz CT molecular complexity index is 783. The van der Waals surface area contributed by atoms with Crippen LogP contribution in [0.2, 0.25) is 0 Å². The van der Waals surface area contributed by atoms with Crippen LogP contribution in [0.3, 0.4) is 0 Å². The number of benzene rings is 2. The van der Waals surface area contributed by atoms with Crippen LogP contribution in [0.4, 0.5) is 8.78 Å². The predicted molar refractivity (Wildman–Crippen MR) is 100 cm³/mol. The molecule has 0 amide bonds. The molecule has 1 fully saturated rings. The van der Waals surface area contributed by atoms with Gasteiger partial charge in [-0.2, -0.15) is 0 Å². The van der Waals surface area contributed by atoms with Crippen molar-refractivity contribution >= 4 is 0 Å². The highest BCUT2D eigenvalue weighted by molar-refractivity contribution is 5.65. The fourth-order valence-corrected chi connectivity index (χ4v) is 2.92. The van der Waals surface area contributed by atoms with Crippen LogP contribution in [-0.4, -0.2) is 25.9 Å². The lowest BCUT2D eigenvalue weighted by Crippen LogP contribution is -2.33. The van der Waals surface area contributed by atoms with Crippen LogP contribution in [0.15, 0.2) is 49.1 Å². The average molecular weight is 374 g/mol. The third-order valence-electron chi connectivity index (χ3n) is 4.52. The van der Waals surface area contributed by atoms with E-state index in [2.05, 4.69) is 6.58 Å². The highest BCUT2D eigenvalue weighted by Crippen LogP contribution is 2.30. The van der Waals surface area contributed by atoms with Gasteiger partial charge in [-0.25, -0.2) is 8.78 Å². The summed E-state index contributed by atoms with van der Waals surface area (Å²) >= 11 is 0. The van der Waals surface area contributed by atoms with Crippen LogP contribution < -0.4 is 0 Å². The van der Waals surface area contributed by atoms with Crippen molar-refractivity contribution in [3.8, 4) is 11.1 Å². The molecule has 0 radical (unpaired) electrons. The lowest BCUT2D eigenvalue weighted by atomic mass is 10.0.